The summed E-state index contributed by atoms with van der Waals surface area (Å²) >= 11 is 0. The van der Waals surface area contributed by atoms with Crippen LogP contribution in [0.5, 0.6) is 5.75 Å². The summed E-state index contributed by atoms with van der Waals surface area (Å²) in [6.45, 7) is 6.54. The van der Waals surface area contributed by atoms with Gasteiger partial charge in [-0.05, 0) is 63.0 Å². The van der Waals surface area contributed by atoms with Crippen molar-refractivity contribution >= 4 is 17.7 Å². The molecule has 3 heterocycles. The van der Waals surface area contributed by atoms with E-state index in [9.17, 15) is 14.4 Å². The maximum absolute atomic E-state index is 13.3. The van der Waals surface area contributed by atoms with Crippen LogP contribution in [0.2, 0.25) is 0 Å². The van der Waals surface area contributed by atoms with Gasteiger partial charge in [0.1, 0.15) is 5.75 Å². The van der Waals surface area contributed by atoms with E-state index in [-0.39, 0.29) is 23.8 Å². The lowest BCUT2D eigenvalue weighted by molar-refractivity contribution is -0.132. The minimum absolute atomic E-state index is 0.00198. The van der Waals surface area contributed by atoms with Gasteiger partial charge in [-0.3, -0.25) is 19.1 Å². The highest BCUT2D eigenvalue weighted by molar-refractivity contribution is 5.94. The molecule has 2 aliphatic rings. The number of hydrogen-bond donors (Lipinski definition) is 2. The van der Waals surface area contributed by atoms with Crippen LogP contribution in [0, 0.1) is 5.92 Å². The number of benzene rings is 1. The fraction of sp³-hybridized carbons (Fsp3) is 0.576. The molecule has 3 aromatic rings. The number of hydrogen-bond acceptors (Lipinski definition) is 8. The zero-order valence-electron chi connectivity index (χ0n) is 26.6. The van der Waals surface area contributed by atoms with E-state index in [2.05, 4.69) is 34.6 Å². The number of amides is 3. The topological polar surface area (TPSA) is 144 Å². The summed E-state index contributed by atoms with van der Waals surface area (Å²) in [5, 5.41) is 15.0. The van der Waals surface area contributed by atoms with Gasteiger partial charge in [0.05, 0.1) is 12.7 Å². The standard InChI is InChI=1S/C33H45N7O5/c1-22(2)16-20-40-26-15-14-23-21-25(26)31(37-40)33(43)34-17-8-19-39(18-7-11-28(41)35-23)30(42)13-6-12-29-36-32(38-45-29)24-9-4-5-10-27(24)44-3/h4-5,9-10,22-23H,6-8,11-21H2,1-3H3,(H,34,43)(H,35,41). The van der Waals surface area contributed by atoms with E-state index in [0.29, 0.717) is 93.7 Å². The Hall–Kier alpha value is -4.22. The lowest BCUT2D eigenvalue weighted by atomic mass is 9.91. The number of aromatic nitrogens is 4. The van der Waals surface area contributed by atoms with Crippen molar-refractivity contribution < 1.29 is 23.6 Å². The SMILES string of the molecule is COc1ccccc1-c1noc(CCCC(=O)N2CCCNC(=O)c3nn(CCC(C)C)c4c3CC(CC4)NC(=O)CCC2)n1. The minimum atomic E-state index is -0.193. The van der Waals surface area contributed by atoms with Gasteiger partial charge >= 0.3 is 0 Å². The molecule has 0 spiro atoms. The largest absolute Gasteiger partial charge is 0.496 e. The van der Waals surface area contributed by atoms with Crippen LogP contribution in [-0.2, 0) is 35.4 Å². The molecule has 1 aromatic carbocycles. The highest BCUT2D eigenvalue weighted by Crippen LogP contribution is 2.28. The first kappa shape index (κ1) is 32.2. The van der Waals surface area contributed by atoms with Crippen LogP contribution in [0.25, 0.3) is 11.4 Å². The number of carbonyl (C=O) groups excluding carboxylic acids is 3. The number of methoxy groups -OCH3 is 1. The summed E-state index contributed by atoms with van der Waals surface area (Å²) in [6.07, 6.45) is 6.05. The number of fused-ring (bicyclic) bond motifs is 1. The molecule has 45 heavy (non-hydrogen) atoms. The number of nitrogens with one attached hydrogen (secondary N) is 2. The second-order valence-corrected chi connectivity index (χ2v) is 12.3. The Balaban J connectivity index is 1.19. The van der Waals surface area contributed by atoms with Gasteiger partial charge in [0.25, 0.3) is 5.91 Å². The van der Waals surface area contributed by atoms with Crippen LogP contribution >= 0.6 is 0 Å². The Morgan fingerprint density at radius 3 is 2.80 bits per heavy atom. The molecule has 242 valence electrons. The molecule has 0 saturated carbocycles. The summed E-state index contributed by atoms with van der Waals surface area (Å²) in [4.78, 5) is 45.7. The molecule has 0 saturated heterocycles. The van der Waals surface area contributed by atoms with Gasteiger partial charge in [0.15, 0.2) is 5.69 Å². The van der Waals surface area contributed by atoms with E-state index < -0.39 is 0 Å². The molecular formula is C33H45N7O5. The van der Waals surface area contributed by atoms with E-state index >= 15 is 0 Å². The molecule has 2 bridgehead atoms. The number of aryl methyl sites for hydroxylation is 2. The molecule has 5 rings (SSSR count). The van der Waals surface area contributed by atoms with Crippen molar-refractivity contribution in [1.82, 2.24) is 35.5 Å². The van der Waals surface area contributed by atoms with Crippen LogP contribution in [0.3, 0.4) is 0 Å². The number of ether oxygens (including phenoxy) is 1. The van der Waals surface area contributed by atoms with Gasteiger partial charge in [-0.15, -0.1) is 0 Å². The molecule has 3 amide bonds. The lowest BCUT2D eigenvalue weighted by Crippen LogP contribution is -2.39. The Morgan fingerprint density at radius 1 is 1.16 bits per heavy atom. The van der Waals surface area contributed by atoms with Crippen LogP contribution in [0.4, 0.5) is 0 Å². The fourth-order valence-corrected chi connectivity index (χ4v) is 6.05. The van der Waals surface area contributed by atoms with E-state index in [1.165, 1.54) is 0 Å². The van der Waals surface area contributed by atoms with Crippen molar-refractivity contribution in [1.29, 1.82) is 0 Å². The average Bonchev–Trinajstić information content (AvgIpc) is 3.65. The summed E-state index contributed by atoms with van der Waals surface area (Å²) in [5.41, 5.74) is 3.28. The van der Waals surface area contributed by atoms with Gasteiger partial charge in [0, 0.05) is 62.7 Å². The first-order valence-corrected chi connectivity index (χ1v) is 16.2. The maximum atomic E-state index is 13.3. The van der Waals surface area contributed by atoms with Crippen molar-refractivity contribution in [2.24, 2.45) is 5.92 Å². The molecule has 1 aliphatic heterocycles. The van der Waals surface area contributed by atoms with Crippen LogP contribution in [0.15, 0.2) is 28.8 Å². The van der Waals surface area contributed by atoms with E-state index in [1.807, 2.05) is 28.9 Å². The third kappa shape index (κ3) is 8.29. The lowest BCUT2D eigenvalue weighted by Gasteiger charge is -2.25. The zero-order valence-corrected chi connectivity index (χ0v) is 26.6. The van der Waals surface area contributed by atoms with Crippen molar-refractivity contribution in [2.45, 2.75) is 90.6 Å². The Kier molecular flexibility index (Phi) is 10.9. The highest BCUT2D eigenvalue weighted by atomic mass is 16.5. The highest BCUT2D eigenvalue weighted by Gasteiger charge is 2.30. The third-order valence-corrected chi connectivity index (χ3v) is 8.52. The molecular weight excluding hydrogens is 574 g/mol. The van der Waals surface area contributed by atoms with E-state index in [1.54, 1.807) is 12.0 Å². The quantitative estimate of drug-likeness (QED) is 0.369. The Labute approximate surface area is 264 Å². The molecule has 12 heteroatoms. The summed E-state index contributed by atoms with van der Waals surface area (Å²) in [7, 11) is 1.59. The van der Waals surface area contributed by atoms with E-state index in [4.69, 9.17) is 14.4 Å². The second kappa shape index (κ2) is 15.2. The molecule has 12 nitrogen and oxygen atoms in total. The van der Waals surface area contributed by atoms with Gasteiger partial charge in [-0.2, -0.15) is 10.1 Å². The first-order chi connectivity index (χ1) is 21.8. The van der Waals surface area contributed by atoms with Crippen molar-refractivity contribution in [3.63, 3.8) is 0 Å². The number of nitrogens with zero attached hydrogens (tertiary/aromatic N) is 5. The Morgan fingerprint density at radius 2 is 1.98 bits per heavy atom. The molecule has 2 aromatic heterocycles. The van der Waals surface area contributed by atoms with Crippen molar-refractivity contribution in [3.05, 3.63) is 47.1 Å². The monoisotopic (exact) mass is 619 g/mol. The van der Waals surface area contributed by atoms with Gasteiger partial charge < -0.3 is 24.8 Å². The Bertz CT molecular complexity index is 1480. The number of carbonyl (C=O) groups is 3. The molecule has 1 aliphatic carbocycles. The normalized spacial score (nSPS) is 17.8. The number of rotatable bonds is 9. The van der Waals surface area contributed by atoms with Gasteiger partial charge in [-0.25, -0.2) is 0 Å². The summed E-state index contributed by atoms with van der Waals surface area (Å²) < 4.78 is 12.8. The smallest absolute Gasteiger partial charge is 0.272 e. The summed E-state index contributed by atoms with van der Waals surface area (Å²) in [5.74, 6) is 1.88. The van der Waals surface area contributed by atoms with Crippen molar-refractivity contribution in [2.75, 3.05) is 26.7 Å². The molecule has 2 N–H and O–H groups in total. The van der Waals surface area contributed by atoms with Crippen LogP contribution in [-0.4, -0.2) is 75.3 Å². The summed E-state index contributed by atoms with van der Waals surface area (Å²) in [6, 6.07) is 7.43. The molecule has 0 radical (unpaired) electrons. The van der Waals surface area contributed by atoms with Gasteiger partial charge in [0.2, 0.25) is 23.5 Å². The molecule has 0 fully saturated rings. The average molecular weight is 620 g/mol. The molecule has 1 atom stereocenters. The van der Waals surface area contributed by atoms with Crippen molar-refractivity contribution in [3.8, 4) is 17.1 Å². The van der Waals surface area contributed by atoms with Gasteiger partial charge in [-0.1, -0.05) is 31.1 Å². The van der Waals surface area contributed by atoms with E-state index in [0.717, 1.165) is 42.6 Å². The fourth-order valence-electron chi connectivity index (χ4n) is 6.05. The predicted molar refractivity (Wildman–Crippen MR) is 168 cm³/mol. The van der Waals surface area contributed by atoms with Crippen LogP contribution in [0.1, 0.15) is 86.4 Å². The minimum Gasteiger partial charge on any atom is -0.496 e. The van der Waals surface area contributed by atoms with Crippen LogP contribution < -0.4 is 15.4 Å². The number of para-hydroxylation sites is 1. The zero-order chi connectivity index (χ0) is 31.8. The molecule has 1 unspecified atom stereocenters. The second-order valence-electron chi connectivity index (χ2n) is 12.3. The third-order valence-electron chi connectivity index (χ3n) is 8.52. The maximum Gasteiger partial charge on any atom is 0.272 e. The predicted octanol–water partition coefficient (Wildman–Crippen LogP) is 3.73. The first-order valence-electron chi connectivity index (χ1n) is 16.2.